The van der Waals surface area contributed by atoms with E-state index in [1.807, 2.05) is 12.1 Å². The standard InChI is InChI=1S/C24H27ClFN5O4/c1-15(2)35-20-10-9-18(13-19(20)26)27-22-28-23(33)31(14-21(32)29(3)4)24(34)30(22)12-11-16-5-7-17(25)8-6-16/h5-10,13,15H,11-12,14H2,1-4H3,(H,27,28,33). The van der Waals surface area contributed by atoms with Crippen LogP contribution in [0.3, 0.4) is 0 Å². The minimum absolute atomic E-state index is 0.0700. The molecule has 3 aromatic rings. The quantitative estimate of drug-likeness (QED) is 0.482. The first kappa shape index (κ1) is 26.0. The second-order valence-corrected chi connectivity index (χ2v) is 8.78. The number of halogens is 2. The first-order valence-corrected chi connectivity index (χ1v) is 11.3. The number of nitrogens with one attached hydrogen (secondary N) is 1. The number of likely N-dealkylation sites (N-methyl/N-ethyl adjacent to an activating group) is 1. The van der Waals surface area contributed by atoms with Gasteiger partial charge in [-0.3, -0.25) is 9.36 Å². The molecule has 0 aliphatic heterocycles. The molecular formula is C24H27ClFN5O4. The molecule has 0 saturated carbocycles. The number of anilines is 2. The van der Waals surface area contributed by atoms with E-state index in [2.05, 4.69) is 10.3 Å². The van der Waals surface area contributed by atoms with E-state index in [9.17, 15) is 18.8 Å². The van der Waals surface area contributed by atoms with Crippen molar-refractivity contribution in [3.8, 4) is 5.75 Å². The Kier molecular flexibility index (Phi) is 8.29. The van der Waals surface area contributed by atoms with E-state index in [4.69, 9.17) is 16.3 Å². The van der Waals surface area contributed by atoms with Crippen molar-refractivity contribution in [1.82, 2.24) is 19.0 Å². The summed E-state index contributed by atoms with van der Waals surface area (Å²) in [6, 6.07) is 11.3. The lowest BCUT2D eigenvalue weighted by Gasteiger charge is -2.17. The highest BCUT2D eigenvalue weighted by Gasteiger charge is 2.17. The van der Waals surface area contributed by atoms with Gasteiger partial charge in [-0.05, 0) is 50.1 Å². The van der Waals surface area contributed by atoms with Gasteiger partial charge in [-0.25, -0.2) is 18.5 Å². The second kappa shape index (κ2) is 11.2. The van der Waals surface area contributed by atoms with Crippen LogP contribution in [-0.4, -0.2) is 45.1 Å². The molecule has 0 bridgehead atoms. The molecule has 35 heavy (non-hydrogen) atoms. The zero-order chi connectivity index (χ0) is 25.7. The van der Waals surface area contributed by atoms with E-state index in [0.717, 1.165) is 10.1 Å². The number of carbonyl (C=O) groups excluding carboxylic acids is 1. The molecule has 0 saturated heterocycles. The molecule has 1 amide bonds. The summed E-state index contributed by atoms with van der Waals surface area (Å²) in [6.07, 6.45) is 0.212. The van der Waals surface area contributed by atoms with Gasteiger partial charge in [0.25, 0.3) is 0 Å². The van der Waals surface area contributed by atoms with Crippen molar-refractivity contribution in [2.75, 3.05) is 19.4 Å². The van der Waals surface area contributed by atoms with E-state index in [1.54, 1.807) is 32.0 Å². The highest BCUT2D eigenvalue weighted by Crippen LogP contribution is 2.24. The first-order chi connectivity index (χ1) is 16.5. The number of nitrogens with zero attached hydrogens (tertiary/aromatic N) is 4. The Balaban J connectivity index is 1.99. The maximum absolute atomic E-state index is 14.5. The predicted molar refractivity (Wildman–Crippen MR) is 132 cm³/mol. The number of amides is 1. The fourth-order valence-electron chi connectivity index (χ4n) is 3.19. The van der Waals surface area contributed by atoms with Crippen LogP contribution < -0.4 is 21.4 Å². The predicted octanol–water partition coefficient (Wildman–Crippen LogP) is 3.06. The third-order valence-corrected chi connectivity index (χ3v) is 5.28. The average molecular weight is 504 g/mol. The Labute approximate surface area is 206 Å². The van der Waals surface area contributed by atoms with E-state index in [0.29, 0.717) is 11.4 Å². The van der Waals surface area contributed by atoms with Crippen molar-refractivity contribution in [3.05, 3.63) is 79.8 Å². The lowest BCUT2D eigenvalue weighted by molar-refractivity contribution is -0.129. The van der Waals surface area contributed by atoms with Crippen LogP contribution >= 0.6 is 11.6 Å². The Morgan fingerprint density at radius 3 is 2.43 bits per heavy atom. The zero-order valence-corrected chi connectivity index (χ0v) is 20.7. The van der Waals surface area contributed by atoms with Crippen molar-refractivity contribution < 1.29 is 13.9 Å². The largest absolute Gasteiger partial charge is 0.488 e. The Morgan fingerprint density at radius 2 is 1.83 bits per heavy atom. The number of benzene rings is 2. The molecular weight excluding hydrogens is 477 g/mol. The Bertz CT molecular complexity index is 1320. The normalized spacial score (nSPS) is 10.9. The Morgan fingerprint density at radius 1 is 1.14 bits per heavy atom. The van der Waals surface area contributed by atoms with Gasteiger partial charge in [0.1, 0.15) is 6.54 Å². The molecule has 2 aromatic carbocycles. The van der Waals surface area contributed by atoms with Crippen molar-refractivity contribution in [1.29, 1.82) is 0 Å². The summed E-state index contributed by atoms with van der Waals surface area (Å²) in [5, 5.41) is 3.43. The number of ether oxygens (including phenoxy) is 1. The summed E-state index contributed by atoms with van der Waals surface area (Å²) in [7, 11) is 3.05. The fraction of sp³-hybridized carbons (Fsp3) is 0.333. The molecule has 1 N–H and O–H groups in total. The lowest BCUT2D eigenvalue weighted by Crippen LogP contribution is -2.45. The summed E-state index contributed by atoms with van der Waals surface area (Å²) >= 11 is 5.94. The molecule has 11 heteroatoms. The van der Waals surface area contributed by atoms with Gasteiger partial charge in [0, 0.05) is 37.4 Å². The van der Waals surface area contributed by atoms with E-state index < -0.39 is 29.6 Å². The summed E-state index contributed by atoms with van der Waals surface area (Å²) < 4.78 is 21.9. The number of aromatic nitrogens is 3. The third-order valence-electron chi connectivity index (χ3n) is 5.03. The first-order valence-electron chi connectivity index (χ1n) is 10.9. The third kappa shape index (κ3) is 6.69. The summed E-state index contributed by atoms with van der Waals surface area (Å²) in [6.45, 7) is 3.26. The van der Waals surface area contributed by atoms with Gasteiger partial charge in [0.05, 0.1) is 6.10 Å². The van der Waals surface area contributed by atoms with Crippen molar-refractivity contribution >= 4 is 29.1 Å². The zero-order valence-electron chi connectivity index (χ0n) is 19.9. The molecule has 0 aliphatic rings. The van der Waals surface area contributed by atoms with Gasteiger partial charge in [-0.15, -0.1) is 0 Å². The number of carbonyl (C=O) groups is 1. The molecule has 3 rings (SSSR count). The van der Waals surface area contributed by atoms with Crippen molar-refractivity contribution in [2.24, 2.45) is 0 Å². The second-order valence-electron chi connectivity index (χ2n) is 8.34. The number of aryl methyl sites for hydroxylation is 1. The van der Waals surface area contributed by atoms with Crippen LogP contribution in [0.5, 0.6) is 5.75 Å². The van der Waals surface area contributed by atoms with E-state index >= 15 is 0 Å². The van der Waals surface area contributed by atoms with Crippen LogP contribution in [0.4, 0.5) is 16.0 Å². The minimum atomic E-state index is -0.893. The highest BCUT2D eigenvalue weighted by atomic mass is 35.5. The van der Waals surface area contributed by atoms with Crippen molar-refractivity contribution in [2.45, 2.75) is 39.5 Å². The molecule has 9 nitrogen and oxygen atoms in total. The molecule has 1 heterocycles. The highest BCUT2D eigenvalue weighted by molar-refractivity contribution is 6.30. The topological polar surface area (TPSA) is 98.5 Å². The summed E-state index contributed by atoms with van der Waals surface area (Å²) in [5.41, 5.74) is -0.435. The van der Waals surface area contributed by atoms with E-state index in [1.165, 1.54) is 35.7 Å². The SMILES string of the molecule is CC(C)Oc1ccc(Nc2nc(=O)n(CC(=O)N(C)C)c(=O)n2CCc2ccc(Cl)cc2)cc1F. The smallest absolute Gasteiger partial charge is 0.355 e. The monoisotopic (exact) mass is 503 g/mol. The molecule has 0 aliphatic carbocycles. The molecule has 0 unspecified atom stereocenters. The van der Waals surface area contributed by atoms with Gasteiger partial charge in [-0.2, -0.15) is 4.98 Å². The molecule has 1 aromatic heterocycles. The molecule has 0 spiro atoms. The average Bonchev–Trinajstić information content (AvgIpc) is 2.79. The lowest BCUT2D eigenvalue weighted by atomic mass is 10.1. The van der Waals surface area contributed by atoms with Gasteiger partial charge >= 0.3 is 11.4 Å². The number of hydrogen-bond acceptors (Lipinski definition) is 6. The summed E-state index contributed by atoms with van der Waals surface area (Å²) in [4.78, 5) is 43.3. The summed E-state index contributed by atoms with van der Waals surface area (Å²) in [5.74, 6) is -1.03. The minimum Gasteiger partial charge on any atom is -0.488 e. The van der Waals surface area contributed by atoms with Gasteiger partial charge < -0.3 is 15.0 Å². The van der Waals surface area contributed by atoms with Crippen LogP contribution in [0.25, 0.3) is 0 Å². The molecule has 0 atom stereocenters. The number of hydrogen-bond donors (Lipinski definition) is 1. The Hall–Kier alpha value is -3.66. The van der Waals surface area contributed by atoms with Crippen LogP contribution in [0.15, 0.2) is 52.1 Å². The van der Waals surface area contributed by atoms with E-state index in [-0.39, 0.29) is 30.0 Å². The molecule has 186 valence electrons. The van der Waals surface area contributed by atoms with Gasteiger partial charge in [0.15, 0.2) is 11.6 Å². The van der Waals surface area contributed by atoms with Crippen LogP contribution in [0.1, 0.15) is 19.4 Å². The van der Waals surface area contributed by atoms with Gasteiger partial charge in [0.2, 0.25) is 11.9 Å². The van der Waals surface area contributed by atoms with Crippen LogP contribution in [-0.2, 0) is 24.3 Å². The fourth-order valence-corrected chi connectivity index (χ4v) is 3.31. The van der Waals surface area contributed by atoms with Crippen LogP contribution in [0, 0.1) is 5.82 Å². The molecule has 0 fully saturated rings. The maximum Gasteiger partial charge on any atom is 0.355 e. The maximum atomic E-state index is 14.5. The van der Waals surface area contributed by atoms with Gasteiger partial charge in [-0.1, -0.05) is 23.7 Å². The number of rotatable bonds is 9. The van der Waals surface area contributed by atoms with Crippen LogP contribution in [0.2, 0.25) is 5.02 Å². The van der Waals surface area contributed by atoms with Crippen molar-refractivity contribution in [3.63, 3.8) is 0 Å². The molecule has 0 radical (unpaired) electrons.